The van der Waals surface area contributed by atoms with Crippen LogP contribution in [0.2, 0.25) is 0 Å². The van der Waals surface area contributed by atoms with Crippen molar-refractivity contribution in [2.24, 2.45) is 7.05 Å². The van der Waals surface area contributed by atoms with E-state index in [0.717, 1.165) is 28.6 Å². The quantitative estimate of drug-likeness (QED) is 0.723. The predicted molar refractivity (Wildman–Crippen MR) is 97.4 cm³/mol. The number of fused-ring (bicyclic) bond motifs is 1. The van der Waals surface area contributed by atoms with Crippen LogP contribution in [0.4, 0.5) is 0 Å². The highest BCUT2D eigenvalue weighted by molar-refractivity contribution is 9.10. The summed E-state index contributed by atoms with van der Waals surface area (Å²) in [6.07, 6.45) is 1.72. The van der Waals surface area contributed by atoms with Crippen molar-refractivity contribution in [1.82, 2.24) is 19.7 Å². The van der Waals surface area contributed by atoms with E-state index in [0.29, 0.717) is 29.2 Å². The summed E-state index contributed by atoms with van der Waals surface area (Å²) < 4.78 is 8.17. The van der Waals surface area contributed by atoms with Gasteiger partial charge in [0.1, 0.15) is 17.1 Å². The van der Waals surface area contributed by atoms with Gasteiger partial charge in [-0.15, -0.1) is 0 Å². The molecule has 0 amide bonds. The molecular weight excluding hydrogens is 372 g/mol. The first-order chi connectivity index (χ1) is 11.5. The summed E-state index contributed by atoms with van der Waals surface area (Å²) in [4.78, 5) is 20.1. The summed E-state index contributed by atoms with van der Waals surface area (Å²) in [5, 5.41) is 4.45. The zero-order chi connectivity index (χ0) is 17.3. The fourth-order valence-electron chi connectivity index (χ4n) is 2.75. The second-order valence-electron chi connectivity index (χ2n) is 5.51. The van der Waals surface area contributed by atoms with Gasteiger partial charge in [-0.05, 0) is 31.5 Å². The number of benzene rings is 1. The van der Waals surface area contributed by atoms with Crippen LogP contribution >= 0.6 is 15.9 Å². The number of H-pyrrole nitrogens is 1. The van der Waals surface area contributed by atoms with Gasteiger partial charge in [0.05, 0.1) is 17.9 Å². The minimum atomic E-state index is -0.199. The van der Waals surface area contributed by atoms with Gasteiger partial charge < -0.3 is 9.72 Å². The summed E-state index contributed by atoms with van der Waals surface area (Å²) in [7, 11) is 1.77. The van der Waals surface area contributed by atoms with Gasteiger partial charge in [0.15, 0.2) is 5.52 Å². The molecule has 0 bridgehead atoms. The minimum Gasteiger partial charge on any atom is -0.493 e. The van der Waals surface area contributed by atoms with E-state index in [2.05, 4.69) is 37.9 Å². The molecule has 0 radical (unpaired) electrons. The van der Waals surface area contributed by atoms with Crippen molar-refractivity contribution in [3.05, 3.63) is 38.7 Å². The largest absolute Gasteiger partial charge is 0.493 e. The van der Waals surface area contributed by atoms with E-state index < -0.39 is 0 Å². The van der Waals surface area contributed by atoms with E-state index in [1.165, 1.54) is 0 Å². The van der Waals surface area contributed by atoms with E-state index in [-0.39, 0.29) is 5.56 Å². The molecule has 3 rings (SSSR count). The monoisotopic (exact) mass is 390 g/mol. The van der Waals surface area contributed by atoms with Crippen molar-refractivity contribution < 1.29 is 4.74 Å². The molecule has 1 N–H and O–H groups in total. The summed E-state index contributed by atoms with van der Waals surface area (Å²) in [5.74, 6) is 1.17. The average molecular weight is 391 g/mol. The number of aromatic nitrogens is 4. The van der Waals surface area contributed by atoms with Crippen molar-refractivity contribution >= 4 is 27.0 Å². The third-order valence-electron chi connectivity index (χ3n) is 3.75. The third-order valence-corrected chi connectivity index (χ3v) is 4.24. The first-order valence-corrected chi connectivity index (χ1v) is 8.73. The van der Waals surface area contributed by atoms with Crippen LogP contribution in [0.25, 0.3) is 22.4 Å². The fraction of sp³-hybridized carbons (Fsp3) is 0.353. The molecule has 2 heterocycles. The van der Waals surface area contributed by atoms with Crippen LogP contribution in [0.1, 0.15) is 26.0 Å². The topological polar surface area (TPSA) is 72.8 Å². The Morgan fingerprint density at radius 1 is 1.33 bits per heavy atom. The van der Waals surface area contributed by atoms with E-state index in [4.69, 9.17) is 4.74 Å². The smallest absolute Gasteiger partial charge is 0.277 e. The molecule has 7 heteroatoms. The van der Waals surface area contributed by atoms with Crippen molar-refractivity contribution in [3.8, 4) is 17.1 Å². The van der Waals surface area contributed by atoms with Crippen LogP contribution in [0, 0.1) is 0 Å². The molecule has 24 heavy (non-hydrogen) atoms. The number of nitrogens with zero attached hydrogens (tertiary/aromatic N) is 3. The normalized spacial score (nSPS) is 11.2. The number of hydrogen-bond acceptors (Lipinski definition) is 4. The highest BCUT2D eigenvalue weighted by atomic mass is 79.9. The lowest BCUT2D eigenvalue weighted by atomic mass is 10.1. The first-order valence-electron chi connectivity index (χ1n) is 7.93. The highest BCUT2D eigenvalue weighted by Gasteiger charge is 2.17. The van der Waals surface area contributed by atoms with Crippen LogP contribution < -0.4 is 10.3 Å². The zero-order valence-corrected chi connectivity index (χ0v) is 15.5. The van der Waals surface area contributed by atoms with Gasteiger partial charge in [-0.2, -0.15) is 5.10 Å². The molecule has 0 saturated heterocycles. The zero-order valence-electron chi connectivity index (χ0n) is 13.9. The van der Waals surface area contributed by atoms with Crippen molar-refractivity contribution in [2.75, 3.05) is 6.61 Å². The maximum absolute atomic E-state index is 12.6. The van der Waals surface area contributed by atoms with Crippen molar-refractivity contribution in [1.29, 1.82) is 0 Å². The molecule has 0 aliphatic carbocycles. The summed E-state index contributed by atoms with van der Waals surface area (Å²) in [6, 6.07) is 5.66. The number of rotatable bonds is 5. The molecule has 126 valence electrons. The van der Waals surface area contributed by atoms with Crippen molar-refractivity contribution in [3.63, 3.8) is 0 Å². The van der Waals surface area contributed by atoms with Gasteiger partial charge in [-0.25, -0.2) is 4.98 Å². The number of halogens is 1. The Bertz CT molecular complexity index is 946. The van der Waals surface area contributed by atoms with E-state index >= 15 is 0 Å². The number of ether oxygens (including phenoxy) is 1. The number of nitrogens with one attached hydrogen (secondary N) is 1. The molecule has 0 spiro atoms. The summed E-state index contributed by atoms with van der Waals surface area (Å²) in [6.45, 7) is 4.54. The molecule has 0 aliphatic rings. The Morgan fingerprint density at radius 3 is 2.83 bits per heavy atom. The first kappa shape index (κ1) is 16.7. The SMILES string of the molecule is CCCc1nn(C)c2c(=O)[nH]c(-c3cc(Br)ccc3OCC)nc12. The minimum absolute atomic E-state index is 0.199. The Labute approximate surface area is 148 Å². The second-order valence-corrected chi connectivity index (χ2v) is 6.42. The van der Waals surface area contributed by atoms with E-state index in [1.807, 2.05) is 25.1 Å². The Morgan fingerprint density at radius 2 is 2.12 bits per heavy atom. The lowest BCUT2D eigenvalue weighted by Crippen LogP contribution is -2.12. The molecular formula is C17H19BrN4O2. The Balaban J connectivity index is 2.26. The average Bonchev–Trinajstić information content (AvgIpc) is 2.86. The fourth-order valence-corrected chi connectivity index (χ4v) is 3.11. The second kappa shape index (κ2) is 6.76. The maximum Gasteiger partial charge on any atom is 0.277 e. The standard InChI is InChI=1S/C17H19BrN4O2/c1-4-6-12-14-15(22(3)21-12)17(23)20-16(19-14)11-9-10(18)7-8-13(11)24-5-2/h7-9H,4-6H2,1-3H3,(H,19,20,23). The summed E-state index contributed by atoms with van der Waals surface area (Å²) in [5.41, 5.74) is 2.54. The molecule has 0 aliphatic heterocycles. The Hall–Kier alpha value is -2.15. The maximum atomic E-state index is 12.6. The third kappa shape index (κ3) is 2.96. The molecule has 1 aromatic carbocycles. The van der Waals surface area contributed by atoms with Crippen LogP contribution in [-0.2, 0) is 13.5 Å². The van der Waals surface area contributed by atoms with E-state index in [9.17, 15) is 4.79 Å². The lowest BCUT2D eigenvalue weighted by Gasteiger charge is -2.10. The van der Waals surface area contributed by atoms with Gasteiger partial charge in [-0.3, -0.25) is 9.48 Å². The van der Waals surface area contributed by atoms with Gasteiger partial charge in [0.2, 0.25) is 0 Å². The van der Waals surface area contributed by atoms with Gasteiger partial charge in [-0.1, -0.05) is 29.3 Å². The van der Waals surface area contributed by atoms with Crippen LogP contribution in [0.15, 0.2) is 27.5 Å². The number of aromatic amines is 1. The van der Waals surface area contributed by atoms with Crippen molar-refractivity contribution in [2.45, 2.75) is 26.7 Å². The molecule has 0 saturated carbocycles. The molecule has 0 fully saturated rings. The van der Waals surface area contributed by atoms with Crippen LogP contribution in [-0.4, -0.2) is 26.4 Å². The number of aryl methyl sites for hydroxylation is 2. The van der Waals surface area contributed by atoms with E-state index in [1.54, 1.807) is 11.7 Å². The van der Waals surface area contributed by atoms with Gasteiger partial charge in [0, 0.05) is 11.5 Å². The molecule has 0 atom stereocenters. The molecule has 0 unspecified atom stereocenters. The van der Waals surface area contributed by atoms with Crippen LogP contribution in [0.5, 0.6) is 5.75 Å². The highest BCUT2D eigenvalue weighted by Crippen LogP contribution is 2.31. The summed E-state index contributed by atoms with van der Waals surface area (Å²) >= 11 is 3.46. The molecule has 3 aromatic rings. The molecule has 2 aromatic heterocycles. The molecule has 6 nitrogen and oxygen atoms in total. The number of hydrogen-bond donors (Lipinski definition) is 1. The van der Waals surface area contributed by atoms with Gasteiger partial charge >= 0.3 is 0 Å². The Kier molecular flexibility index (Phi) is 4.71. The lowest BCUT2D eigenvalue weighted by molar-refractivity contribution is 0.341. The van der Waals surface area contributed by atoms with Crippen LogP contribution in [0.3, 0.4) is 0 Å². The van der Waals surface area contributed by atoms with Gasteiger partial charge in [0.25, 0.3) is 5.56 Å². The predicted octanol–water partition coefficient (Wildman–Crippen LogP) is 3.44.